The van der Waals surface area contributed by atoms with E-state index in [0.29, 0.717) is 32.0 Å². The fourth-order valence-electron chi connectivity index (χ4n) is 3.64. The number of rotatable bonds is 8. The summed E-state index contributed by atoms with van der Waals surface area (Å²) >= 11 is 6.78. The number of nitrogens with one attached hydrogen (secondary N) is 1. The van der Waals surface area contributed by atoms with E-state index in [2.05, 4.69) is 5.32 Å². The fraction of sp³-hybridized carbons (Fsp3) is 0.148. The Morgan fingerprint density at radius 1 is 1.03 bits per heavy atom. The monoisotopic (exact) mass is 504 g/mol. The second kappa shape index (κ2) is 11.2. The van der Waals surface area contributed by atoms with Gasteiger partial charge >= 0.3 is 0 Å². The molecule has 0 unspecified atom stereocenters. The molecule has 1 saturated heterocycles. The van der Waals surface area contributed by atoms with Crippen molar-refractivity contribution in [3.05, 3.63) is 94.9 Å². The Morgan fingerprint density at radius 2 is 1.69 bits per heavy atom. The number of thioether (sulfide) groups is 1. The first-order valence-corrected chi connectivity index (χ1v) is 12.2. The van der Waals surface area contributed by atoms with Gasteiger partial charge in [0.15, 0.2) is 6.61 Å². The van der Waals surface area contributed by atoms with Gasteiger partial charge in [0.25, 0.3) is 11.8 Å². The van der Waals surface area contributed by atoms with Crippen LogP contribution in [0.1, 0.15) is 24.1 Å². The Balaban J connectivity index is 1.47. The van der Waals surface area contributed by atoms with E-state index < -0.39 is 0 Å². The molecule has 35 heavy (non-hydrogen) atoms. The SMILES string of the molecule is COc1ccccc1NC(=O)COc1ccccc1/C=C1\SC(=S)N([C@H](C)c2ccccc2)C1=O. The Bertz CT molecular complexity index is 1280. The molecule has 0 spiro atoms. The van der Waals surface area contributed by atoms with Crippen molar-refractivity contribution in [1.29, 1.82) is 0 Å². The fourth-order valence-corrected chi connectivity index (χ4v) is 5.05. The largest absolute Gasteiger partial charge is 0.495 e. The van der Waals surface area contributed by atoms with E-state index in [9.17, 15) is 9.59 Å². The van der Waals surface area contributed by atoms with Crippen LogP contribution >= 0.6 is 24.0 Å². The topological polar surface area (TPSA) is 67.9 Å². The number of hydrogen-bond donors (Lipinski definition) is 1. The van der Waals surface area contributed by atoms with Crippen LogP contribution in [0.2, 0.25) is 0 Å². The van der Waals surface area contributed by atoms with Gasteiger partial charge in [0.1, 0.15) is 15.8 Å². The van der Waals surface area contributed by atoms with Crippen LogP contribution in [0.4, 0.5) is 5.69 Å². The van der Waals surface area contributed by atoms with Gasteiger partial charge in [-0.15, -0.1) is 0 Å². The number of anilines is 1. The van der Waals surface area contributed by atoms with Crippen LogP contribution in [-0.4, -0.2) is 34.8 Å². The van der Waals surface area contributed by atoms with Gasteiger partial charge in [-0.1, -0.05) is 84.6 Å². The lowest BCUT2D eigenvalue weighted by Gasteiger charge is -2.23. The molecule has 6 nitrogen and oxygen atoms in total. The molecule has 0 bridgehead atoms. The molecular weight excluding hydrogens is 480 g/mol. The number of nitrogens with zero attached hydrogens (tertiary/aromatic N) is 1. The van der Waals surface area contributed by atoms with E-state index in [1.165, 1.54) is 11.8 Å². The average molecular weight is 505 g/mol. The summed E-state index contributed by atoms with van der Waals surface area (Å²) in [4.78, 5) is 27.8. The average Bonchev–Trinajstić information content (AvgIpc) is 3.16. The second-order valence-electron chi connectivity index (χ2n) is 7.71. The highest BCUT2D eigenvalue weighted by atomic mass is 32.2. The van der Waals surface area contributed by atoms with Crippen molar-refractivity contribution in [1.82, 2.24) is 4.90 Å². The third kappa shape index (κ3) is 5.72. The standard InChI is InChI=1S/C27H24N2O4S2/c1-18(19-10-4-3-5-11-19)29-26(31)24(35-27(29)34)16-20-12-6-8-14-22(20)33-17-25(30)28-21-13-7-9-15-23(21)32-2/h3-16,18H,17H2,1-2H3,(H,28,30)/b24-16-/t18-/m1/s1. The van der Waals surface area contributed by atoms with Gasteiger partial charge in [0.2, 0.25) is 0 Å². The van der Waals surface area contributed by atoms with Gasteiger partial charge in [0, 0.05) is 5.56 Å². The molecule has 3 aromatic carbocycles. The van der Waals surface area contributed by atoms with Crippen molar-refractivity contribution in [3.8, 4) is 11.5 Å². The predicted octanol–water partition coefficient (Wildman–Crippen LogP) is 5.68. The Kier molecular flexibility index (Phi) is 7.84. The predicted molar refractivity (Wildman–Crippen MR) is 143 cm³/mol. The third-order valence-electron chi connectivity index (χ3n) is 5.44. The summed E-state index contributed by atoms with van der Waals surface area (Å²) < 4.78 is 11.6. The van der Waals surface area contributed by atoms with Crippen molar-refractivity contribution in [2.45, 2.75) is 13.0 Å². The van der Waals surface area contributed by atoms with E-state index in [1.807, 2.05) is 67.6 Å². The number of methoxy groups -OCH3 is 1. The molecule has 0 saturated carbocycles. The minimum atomic E-state index is -0.327. The highest BCUT2D eigenvalue weighted by Crippen LogP contribution is 2.38. The Hall–Kier alpha value is -3.62. The number of thiocarbonyl (C=S) groups is 1. The highest BCUT2D eigenvalue weighted by molar-refractivity contribution is 8.26. The molecule has 1 N–H and O–H groups in total. The normalized spacial score (nSPS) is 15.3. The molecule has 0 aromatic heterocycles. The van der Waals surface area contributed by atoms with Crippen LogP contribution < -0.4 is 14.8 Å². The van der Waals surface area contributed by atoms with Gasteiger partial charge in [0.05, 0.1) is 23.7 Å². The van der Waals surface area contributed by atoms with Crippen molar-refractivity contribution < 1.29 is 19.1 Å². The van der Waals surface area contributed by atoms with E-state index in [-0.39, 0.29) is 24.5 Å². The Labute approximate surface area is 213 Å². The molecule has 1 atom stereocenters. The maximum absolute atomic E-state index is 13.2. The minimum absolute atomic E-state index is 0.153. The molecule has 0 aliphatic carbocycles. The molecule has 1 heterocycles. The molecule has 8 heteroatoms. The minimum Gasteiger partial charge on any atom is -0.495 e. The van der Waals surface area contributed by atoms with E-state index in [0.717, 1.165) is 5.56 Å². The van der Waals surface area contributed by atoms with Gasteiger partial charge in [-0.3, -0.25) is 14.5 Å². The van der Waals surface area contributed by atoms with Gasteiger partial charge in [-0.25, -0.2) is 0 Å². The number of para-hydroxylation sites is 3. The van der Waals surface area contributed by atoms with Crippen LogP contribution in [-0.2, 0) is 9.59 Å². The lowest BCUT2D eigenvalue weighted by Crippen LogP contribution is -2.30. The molecule has 3 aromatic rings. The Morgan fingerprint density at radius 3 is 2.43 bits per heavy atom. The summed E-state index contributed by atoms with van der Waals surface area (Å²) in [5.41, 5.74) is 2.26. The molecule has 2 amide bonds. The van der Waals surface area contributed by atoms with Crippen molar-refractivity contribution in [3.63, 3.8) is 0 Å². The zero-order valence-corrected chi connectivity index (χ0v) is 20.9. The van der Waals surface area contributed by atoms with Crippen LogP contribution in [0.25, 0.3) is 6.08 Å². The molecular formula is C27H24N2O4S2. The first-order chi connectivity index (χ1) is 17.0. The lowest BCUT2D eigenvalue weighted by atomic mass is 10.1. The van der Waals surface area contributed by atoms with Crippen LogP contribution in [0.15, 0.2) is 83.8 Å². The molecule has 1 aliphatic heterocycles. The van der Waals surface area contributed by atoms with E-state index >= 15 is 0 Å². The first kappa shape index (κ1) is 24.5. The highest BCUT2D eigenvalue weighted by Gasteiger charge is 2.36. The zero-order valence-electron chi connectivity index (χ0n) is 19.3. The van der Waals surface area contributed by atoms with Crippen LogP contribution in [0, 0.1) is 0 Å². The molecule has 0 radical (unpaired) electrons. The zero-order chi connectivity index (χ0) is 24.8. The maximum atomic E-state index is 13.2. The summed E-state index contributed by atoms with van der Waals surface area (Å²) in [6.45, 7) is 1.76. The van der Waals surface area contributed by atoms with Crippen molar-refractivity contribution >= 4 is 51.9 Å². The molecule has 1 fully saturated rings. The van der Waals surface area contributed by atoms with E-state index in [1.54, 1.807) is 36.3 Å². The number of benzene rings is 3. The van der Waals surface area contributed by atoms with Gasteiger partial charge in [-0.05, 0) is 36.8 Å². The van der Waals surface area contributed by atoms with E-state index in [4.69, 9.17) is 21.7 Å². The van der Waals surface area contributed by atoms with Crippen LogP contribution in [0.5, 0.6) is 11.5 Å². The summed E-state index contributed by atoms with van der Waals surface area (Å²) in [5.74, 6) is 0.574. The summed E-state index contributed by atoms with van der Waals surface area (Å²) in [6.07, 6.45) is 1.75. The van der Waals surface area contributed by atoms with Crippen molar-refractivity contribution in [2.75, 3.05) is 19.0 Å². The summed E-state index contributed by atoms with van der Waals surface area (Å²) in [6, 6.07) is 24.0. The first-order valence-electron chi connectivity index (χ1n) is 10.9. The van der Waals surface area contributed by atoms with Crippen LogP contribution in [0.3, 0.4) is 0 Å². The van der Waals surface area contributed by atoms with Gasteiger partial charge < -0.3 is 14.8 Å². The molecule has 1 aliphatic rings. The summed E-state index contributed by atoms with van der Waals surface area (Å²) in [7, 11) is 1.54. The maximum Gasteiger partial charge on any atom is 0.266 e. The number of carbonyl (C=O) groups excluding carboxylic acids is 2. The number of hydrogen-bond acceptors (Lipinski definition) is 6. The van der Waals surface area contributed by atoms with Gasteiger partial charge in [-0.2, -0.15) is 0 Å². The van der Waals surface area contributed by atoms with Crippen molar-refractivity contribution in [2.24, 2.45) is 0 Å². The number of carbonyl (C=O) groups is 2. The smallest absolute Gasteiger partial charge is 0.266 e. The summed E-state index contributed by atoms with van der Waals surface area (Å²) in [5, 5.41) is 2.78. The lowest BCUT2D eigenvalue weighted by molar-refractivity contribution is -0.123. The molecule has 178 valence electrons. The second-order valence-corrected chi connectivity index (χ2v) is 9.39. The molecule has 4 rings (SSSR count). The number of amides is 2. The quantitative estimate of drug-likeness (QED) is 0.315. The third-order valence-corrected chi connectivity index (χ3v) is 6.77. The number of ether oxygens (including phenoxy) is 2.